The van der Waals surface area contributed by atoms with E-state index in [1.807, 2.05) is 6.92 Å². The molecule has 0 unspecified atom stereocenters. The minimum Gasteiger partial charge on any atom is -0.326 e. The number of hydrogen-bond acceptors (Lipinski definition) is 2. The molecule has 0 bridgehead atoms. The maximum Gasteiger partial charge on any atom is 0.228 e. The highest BCUT2D eigenvalue weighted by Gasteiger charge is 2.22. The number of nitrogens with one attached hydrogen (secondary N) is 1. The van der Waals surface area contributed by atoms with Crippen LogP contribution in [0, 0.1) is 13.8 Å². The van der Waals surface area contributed by atoms with Gasteiger partial charge in [-0.25, -0.2) is 0 Å². The van der Waals surface area contributed by atoms with Crippen LogP contribution in [0.15, 0.2) is 6.07 Å². The highest BCUT2D eigenvalue weighted by Crippen LogP contribution is 2.31. The minimum atomic E-state index is 0.0692. The van der Waals surface area contributed by atoms with Crippen molar-refractivity contribution in [3.8, 4) is 0 Å². The van der Waals surface area contributed by atoms with E-state index in [0.29, 0.717) is 13.0 Å². The molecule has 0 fully saturated rings. The van der Waals surface area contributed by atoms with Gasteiger partial charge in [-0.2, -0.15) is 0 Å². The van der Waals surface area contributed by atoms with E-state index in [2.05, 4.69) is 18.3 Å². The Labute approximate surface area is 83.3 Å². The summed E-state index contributed by atoms with van der Waals surface area (Å²) in [6.07, 6.45) is 0.490. The summed E-state index contributed by atoms with van der Waals surface area (Å²) in [4.78, 5) is 11.2. The fourth-order valence-corrected chi connectivity index (χ4v) is 1.97. The molecule has 14 heavy (non-hydrogen) atoms. The number of carbonyl (C=O) groups is 1. The van der Waals surface area contributed by atoms with Crippen molar-refractivity contribution in [2.75, 3.05) is 5.32 Å². The van der Waals surface area contributed by atoms with E-state index in [1.165, 1.54) is 11.1 Å². The average Bonchev–Trinajstić information content (AvgIpc) is 2.47. The highest BCUT2D eigenvalue weighted by molar-refractivity contribution is 6.00. The summed E-state index contributed by atoms with van der Waals surface area (Å²) in [5.41, 5.74) is 11.2. The Hall–Kier alpha value is -1.35. The predicted octanol–water partition coefficient (Wildman–Crippen LogP) is 1.26. The number of carbonyl (C=O) groups excluding carboxylic acids is 1. The van der Waals surface area contributed by atoms with Gasteiger partial charge in [0.1, 0.15) is 0 Å². The van der Waals surface area contributed by atoms with E-state index in [1.54, 1.807) is 0 Å². The van der Waals surface area contributed by atoms with Gasteiger partial charge in [0.25, 0.3) is 0 Å². The molecule has 2 rings (SSSR count). The molecular weight excluding hydrogens is 176 g/mol. The normalized spacial score (nSPS) is 14.1. The molecule has 0 saturated carbocycles. The van der Waals surface area contributed by atoms with E-state index in [4.69, 9.17) is 5.73 Å². The number of anilines is 1. The molecule has 1 aliphatic rings. The third-order valence-corrected chi connectivity index (χ3v) is 2.88. The molecule has 3 nitrogen and oxygen atoms in total. The molecule has 3 heteroatoms. The molecule has 1 aromatic rings. The first-order valence-corrected chi connectivity index (χ1v) is 4.75. The molecule has 0 saturated heterocycles. The Morgan fingerprint density at radius 3 is 2.86 bits per heavy atom. The molecule has 74 valence electrons. The lowest BCUT2D eigenvalue weighted by molar-refractivity contribution is -0.115. The number of rotatable bonds is 1. The third-order valence-electron chi connectivity index (χ3n) is 2.88. The molecule has 0 atom stereocenters. The van der Waals surface area contributed by atoms with Gasteiger partial charge < -0.3 is 11.1 Å². The Morgan fingerprint density at radius 1 is 1.50 bits per heavy atom. The van der Waals surface area contributed by atoms with Crippen molar-refractivity contribution >= 4 is 11.6 Å². The van der Waals surface area contributed by atoms with Crippen LogP contribution < -0.4 is 11.1 Å². The van der Waals surface area contributed by atoms with Crippen LogP contribution in [0.5, 0.6) is 0 Å². The van der Waals surface area contributed by atoms with Gasteiger partial charge in [-0.3, -0.25) is 4.79 Å². The van der Waals surface area contributed by atoms with Crippen molar-refractivity contribution in [2.45, 2.75) is 26.8 Å². The highest BCUT2D eigenvalue weighted by atomic mass is 16.1. The van der Waals surface area contributed by atoms with Gasteiger partial charge >= 0.3 is 0 Å². The van der Waals surface area contributed by atoms with Crippen molar-refractivity contribution in [3.63, 3.8) is 0 Å². The number of nitrogens with two attached hydrogens (primary N) is 1. The van der Waals surface area contributed by atoms with Crippen molar-refractivity contribution in [1.82, 2.24) is 0 Å². The number of hydrogen-bond donors (Lipinski definition) is 2. The van der Waals surface area contributed by atoms with Crippen molar-refractivity contribution in [2.24, 2.45) is 5.73 Å². The number of benzene rings is 1. The zero-order chi connectivity index (χ0) is 10.3. The third kappa shape index (κ3) is 1.21. The quantitative estimate of drug-likeness (QED) is 0.700. The fourth-order valence-electron chi connectivity index (χ4n) is 1.97. The first kappa shape index (κ1) is 9.21. The van der Waals surface area contributed by atoms with Crippen LogP contribution in [0.1, 0.15) is 22.3 Å². The smallest absolute Gasteiger partial charge is 0.228 e. The second kappa shape index (κ2) is 3.10. The summed E-state index contributed by atoms with van der Waals surface area (Å²) in [6.45, 7) is 4.58. The van der Waals surface area contributed by atoms with Gasteiger partial charge in [-0.15, -0.1) is 0 Å². The van der Waals surface area contributed by atoms with Crippen LogP contribution in [-0.4, -0.2) is 5.91 Å². The maximum absolute atomic E-state index is 11.2. The molecule has 1 aliphatic heterocycles. The lowest BCUT2D eigenvalue weighted by Gasteiger charge is -2.12. The van der Waals surface area contributed by atoms with Gasteiger partial charge in [-0.05, 0) is 36.1 Å². The Morgan fingerprint density at radius 2 is 2.21 bits per heavy atom. The van der Waals surface area contributed by atoms with Crippen LogP contribution in [0.25, 0.3) is 0 Å². The van der Waals surface area contributed by atoms with Gasteiger partial charge in [0.05, 0.1) is 6.42 Å². The zero-order valence-corrected chi connectivity index (χ0v) is 8.48. The monoisotopic (exact) mass is 190 g/mol. The summed E-state index contributed by atoms with van der Waals surface area (Å²) in [7, 11) is 0. The van der Waals surface area contributed by atoms with E-state index >= 15 is 0 Å². The van der Waals surface area contributed by atoms with Gasteiger partial charge in [0, 0.05) is 12.2 Å². The number of aryl methyl sites for hydroxylation is 1. The fraction of sp³-hybridized carbons (Fsp3) is 0.364. The van der Waals surface area contributed by atoms with Crippen molar-refractivity contribution in [3.05, 3.63) is 28.3 Å². The largest absolute Gasteiger partial charge is 0.326 e. The van der Waals surface area contributed by atoms with Gasteiger partial charge in [-0.1, -0.05) is 6.07 Å². The molecule has 3 N–H and O–H groups in total. The summed E-state index contributed by atoms with van der Waals surface area (Å²) in [5.74, 6) is 0.0692. The SMILES string of the molecule is Cc1cc2c(c(CN)c1C)NC(=O)C2. The zero-order valence-electron chi connectivity index (χ0n) is 8.48. The molecule has 1 heterocycles. The molecule has 0 spiro atoms. The van der Waals surface area contributed by atoms with E-state index < -0.39 is 0 Å². The summed E-state index contributed by atoms with van der Waals surface area (Å²) in [5, 5.41) is 2.87. The topological polar surface area (TPSA) is 55.1 Å². The molecule has 0 radical (unpaired) electrons. The van der Waals surface area contributed by atoms with E-state index in [0.717, 1.165) is 16.8 Å². The van der Waals surface area contributed by atoms with Gasteiger partial charge in [0.2, 0.25) is 5.91 Å². The average molecular weight is 190 g/mol. The lowest BCUT2D eigenvalue weighted by atomic mass is 9.97. The molecule has 1 amide bonds. The summed E-state index contributed by atoms with van der Waals surface area (Å²) in [6, 6.07) is 2.07. The van der Waals surface area contributed by atoms with Crippen LogP contribution >= 0.6 is 0 Å². The second-order valence-corrected chi connectivity index (χ2v) is 3.76. The molecule has 0 aromatic heterocycles. The van der Waals surface area contributed by atoms with E-state index in [9.17, 15) is 4.79 Å². The summed E-state index contributed by atoms with van der Waals surface area (Å²) >= 11 is 0. The minimum absolute atomic E-state index is 0.0692. The predicted molar refractivity (Wildman–Crippen MR) is 56.1 cm³/mol. The Balaban J connectivity index is 2.65. The van der Waals surface area contributed by atoms with Crippen molar-refractivity contribution < 1.29 is 4.79 Å². The van der Waals surface area contributed by atoms with Crippen LogP contribution in [0.2, 0.25) is 0 Å². The first-order valence-electron chi connectivity index (χ1n) is 4.75. The Kier molecular flexibility index (Phi) is 2.04. The van der Waals surface area contributed by atoms with Crippen molar-refractivity contribution in [1.29, 1.82) is 0 Å². The Bertz CT molecular complexity index is 410. The number of amides is 1. The second-order valence-electron chi connectivity index (χ2n) is 3.76. The van der Waals surface area contributed by atoms with Crippen LogP contribution in [0.3, 0.4) is 0 Å². The van der Waals surface area contributed by atoms with E-state index in [-0.39, 0.29) is 5.91 Å². The van der Waals surface area contributed by atoms with Crippen LogP contribution in [-0.2, 0) is 17.8 Å². The maximum atomic E-state index is 11.2. The lowest BCUT2D eigenvalue weighted by Crippen LogP contribution is -2.08. The molecule has 1 aromatic carbocycles. The first-order chi connectivity index (χ1) is 6.63. The summed E-state index contributed by atoms with van der Waals surface area (Å²) < 4.78 is 0. The van der Waals surface area contributed by atoms with Gasteiger partial charge in [0.15, 0.2) is 0 Å². The molecular formula is C11H14N2O. The van der Waals surface area contributed by atoms with Crippen LogP contribution in [0.4, 0.5) is 5.69 Å². The molecule has 0 aliphatic carbocycles. The number of fused-ring (bicyclic) bond motifs is 1. The standard InChI is InChI=1S/C11H14N2O/c1-6-3-8-4-10(14)13-11(8)9(5-12)7(6)2/h3H,4-5,12H2,1-2H3,(H,13,14).